The van der Waals surface area contributed by atoms with Crippen LogP contribution in [0.2, 0.25) is 0 Å². The fourth-order valence-electron chi connectivity index (χ4n) is 2.15. The number of phenols is 2. The Morgan fingerprint density at radius 3 is 2.08 bits per heavy atom. The van der Waals surface area contributed by atoms with Crippen LogP contribution < -0.4 is 9.47 Å². The molecule has 0 bridgehead atoms. The third kappa shape index (κ3) is 3.12. The van der Waals surface area contributed by atoms with Crippen LogP contribution in [0.25, 0.3) is 0 Å². The van der Waals surface area contributed by atoms with Gasteiger partial charge in [-0.05, 0) is 30.3 Å². The molecule has 0 aliphatic heterocycles. The maximum absolute atomic E-state index is 12.5. The minimum absolute atomic E-state index is 0.0599. The molecular formula is C15H14O8S. The quantitative estimate of drug-likeness (QED) is 0.545. The minimum atomic E-state index is -4.97. The van der Waals surface area contributed by atoms with Gasteiger partial charge in [0.15, 0.2) is 22.2 Å². The van der Waals surface area contributed by atoms with Crippen LogP contribution in [0.5, 0.6) is 23.0 Å². The number of carbonyl (C=O) groups is 1. The molecule has 0 atom stereocenters. The summed E-state index contributed by atoms with van der Waals surface area (Å²) >= 11 is 0. The lowest BCUT2D eigenvalue weighted by Crippen LogP contribution is -2.11. The minimum Gasteiger partial charge on any atom is -0.504 e. The van der Waals surface area contributed by atoms with Gasteiger partial charge in [-0.25, -0.2) is 0 Å². The van der Waals surface area contributed by atoms with Gasteiger partial charge in [0, 0.05) is 5.56 Å². The highest BCUT2D eigenvalue weighted by molar-refractivity contribution is 7.86. The number of methoxy groups -OCH3 is 2. The summed E-state index contributed by atoms with van der Waals surface area (Å²) in [6.45, 7) is 0. The van der Waals surface area contributed by atoms with Gasteiger partial charge in [0.25, 0.3) is 10.1 Å². The normalized spacial score (nSPS) is 11.1. The molecule has 0 aliphatic carbocycles. The van der Waals surface area contributed by atoms with Crippen LogP contribution in [-0.2, 0) is 10.1 Å². The summed E-state index contributed by atoms with van der Waals surface area (Å²) in [6, 6.07) is 6.49. The predicted octanol–water partition coefficient (Wildman–Crippen LogP) is 1.59. The molecule has 0 aromatic heterocycles. The second kappa shape index (κ2) is 6.38. The Balaban J connectivity index is 2.70. The Kier molecular flexibility index (Phi) is 4.67. The molecule has 0 radical (unpaired) electrons. The summed E-state index contributed by atoms with van der Waals surface area (Å²) in [7, 11) is -2.45. The highest BCUT2D eigenvalue weighted by Crippen LogP contribution is 2.43. The number of hydrogen-bond donors (Lipinski definition) is 3. The molecule has 8 nitrogen and oxygen atoms in total. The number of hydrogen-bond acceptors (Lipinski definition) is 7. The summed E-state index contributed by atoms with van der Waals surface area (Å²) in [4.78, 5) is 11.5. The van der Waals surface area contributed by atoms with E-state index in [9.17, 15) is 28.0 Å². The number of phenolic OH excluding ortho intramolecular Hbond substituents is 2. The summed E-state index contributed by atoms with van der Waals surface area (Å²) in [6.07, 6.45) is 0. The molecule has 0 saturated heterocycles. The lowest BCUT2D eigenvalue weighted by Gasteiger charge is -2.13. The standard InChI is InChI=1S/C15H14O8S/c1-22-9-5-3-8(4-6-9)12(17)10-7-11(16)14(23-2)13(18)15(10)24(19,20)21/h3-7,16,18H,1-2H3,(H,19,20,21). The maximum Gasteiger partial charge on any atom is 0.299 e. The molecular weight excluding hydrogens is 340 g/mol. The Hall–Kier alpha value is -2.78. The van der Waals surface area contributed by atoms with Crippen LogP contribution in [0.4, 0.5) is 0 Å². The number of carbonyl (C=O) groups excluding carboxylic acids is 1. The zero-order valence-electron chi connectivity index (χ0n) is 12.7. The van der Waals surface area contributed by atoms with Gasteiger partial charge in [-0.15, -0.1) is 0 Å². The fourth-order valence-corrected chi connectivity index (χ4v) is 2.92. The second-order valence-electron chi connectivity index (χ2n) is 4.69. The average Bonchev–Trinajstić information content (AvgIpc) is 2.52. The van der Waals surface area contributed by atoms with Crippen molar-refractivity contribution in [1.82, 2.24) is 0 Å². The van der Waals surface area contributed by atoms with Gasteiger partial charge in [-0.2, -0.15) is 8.42 Å². The third-order valence-corrected chi connectivity index (χ3v) is 4.18. The van der Waals surface area contributed by atoms with Gasteiger partial charge in [0.1, 0.15) is 5.75 Å². The van der Waals surface area contributed by atoms with Crippen LogP contribution in [0.3, 0.4) is 0 Å². The monoisotopic (exact) mass is 354 g/mol. The Labute approximate surface area is 137 Å². The smallest absolute Gasteiger partial charge is 0.299 e. The molecule has 24 heavy (non-hydrogen) atoms. The van der Waals surface area contributed by atoms with Gasteiger partial charge in [-0.1, -0.05) is 0 Å². The lowest BCUT2D eigenvalue weighted by molar-refractivity contribution is 0.103. The van der Waals surface area contributed by atoms with E-state index in [0.717, 1.165) is 13.2 Å². The van der Waals surface area contributed by atoms with Gasteiger partial charge in [0.05, 0.1) is 19.8 Å². The molecule has 0 saturated carbocycles. The van der Waals surface area contributed by atoms with E-state index in [1.165, 1.54) is 31.4 Å². The molecule has 3 N–H and O–H groups in total. The third-order valence-electron chi connectivity index (χ3n) is 3.25. The van der Waals surface area contributed by atoms with Crippen molar-refractivity contribution in [3.8, 4) is 23.0 Å². The number of ether oxygens (including phenoxy) is 2. The highest BCUT2D eigenvalue weighted by Gasteiger charge is 2.30. The lowest BCUT2D eigenvalue weighted by atomic mass is 10.0. The van der Waals surface area contributed by atoms with Crippen molar-refractivity contribution in [2.45, 2.75) is 4.90 Å². The first kappa shape index (κ1) is 17.6. The molecule has 2 aromatic rings. The SMILES string of the molecule is COc1ccc(C(=O)c2cc(O)c(OC)c(O)c2S(=O)(=O)O)cc1. The van der Waals surface area contributed by atoms with Gasteiger partial charge in [-0.3, -0.25) is 9.35 Å². The van der Waals surface area contributed by atoms with Crippen molar-refractivity contribution in [2.75, 3.05) is 14.2 Å². The van der Waals surface area contributed by atoms with Gasteiger partial charge >= 0.3 is 0 Å². The summed E-state index contributed by atoms with van der Waals surface area (Å²) in [5.74, 6) is -2.65. The van der Waals surface area contributed by atoms with Crippen molar-refractivity contribution in [1.29, 1.82) is 0 Å². The number of aromatic hydroxyl groups is 2. The molecule has 0 aliphatic rings. The number of rotatable bonds is 5. The van der Waals surface area contributed by atoms with Gasteiger partial charge in [0.2, 0.25) is 5.75 Å². The van der Waals surface area contributed by atoms with E-state index in [0.29, 0.717) is 5.75 Å². The number of benzene rings is 2. The summed E-state index contributed by atoms with van der Waals surface area (Å²) in [5, 5.41) is 19.8. The van der Waals surface area contributed by atoms with Crippen molar-refractivity contribution in [3.63, 3.8) is 0 Å². The van der Waals surface area contributed by atoms with Crippen LogP contribution >= 0.6 is 0 Å². The maximum atomic E-state index is 12.5. The molecule has 128 valence electrons. The van der Waals surface area contributed by atoms with E-state index in [4.69, 9.17) is 4.74 Å². The molecule has 2 aromatic carbocycles. The van der Waals surface area contributed by atoms with E-state index in [-0.39, 0.29) is 5.56 Å². The molecule has 0 amide bonds. The van der Waals surface area contributed by atoms with Crippen LogP contribution in [0.1, 0.15) is 15.9 Å². The zero-order valence-corrected chi connectivity index (χ0v) is 13.5. The number of ketones is 1. The van der Waals surface area contributed by atoms with Gasteiger partial charge < -0.3 is 19.7 Å². The summed E-state index contributed by atoms with van der Waals surface area (Å²) in [5.41, 5.74) is -0.539. The Bertz CT molecular complexity index is 885. The molecule has 0 spiro atoms. The van der Waals surface area contributed by atoms with Crippen molar-refractivity contribution < 1.29 is 37.5 Å². The van der Waals surface area contributed by atoms with E-state index in [2.05, 4.69) is 4.74 Å². The highest BCUT2D eigenvalue weighted by atomic mass is 32.2. The van der Waals surface area contributed by atoms with Crippen molar-refractivity contribution in [2.24, 2.45) is 0 Å². The first-order valence-corrected chi connectivity index (χ1v) is 7.93. The first-order chi connectivity index (χ1) is 11.2. The molecule has 0 unspecified atom stereocenters. The van der Waals surface area contributed by atoms with E-state index in [1.54, 1.807) is 0 Å². The Morgan fingerprint density at radius 2 is 1.62 bits per heavy atom. The van der Waals surface area contributed by atoms with Crippen LogP contribution in [-0.4, -0.2) is 43.2 Å². The van der Waals surface area contributed by atoms with Crippen LogP contribution in [0.15, 0.2) is 35.2 Å². The molecule has 0 heterocycles. The van der Waals surface area contributed by atoms with Crippen LogP contribution in [0, 0.1) is 0 Å². The van der Waals surface area contributed by atoms with Crippen molar-refractivity contribution in [3.05, 3.63) is 41.5 Å². The molecule has 0 fully saturated rings. The largest absolute Gasteiger partial charge is 0.504 e. The fraction of sp³-hybridized carbons (Fsp3) is 0.133. The second-order valence-corrected chi connectivity index (χ2v) is 6.05. The topological polar surface area (TPSA) is 130 Å². The zero-order chi connectivity index (χ0) is 18.1. The molecule has 2 rings (SSSR count). The van der Waals surface area contributed by atoms with Crippen molar-refractivity contribution >= 4 is 15.9 Å². The molecule has 9 heteroatoms. The average molecular weight is 354 g/mol. The van der Waals surface area contributed by atoms with E-state index in [1.807, 2.05) is 0 Å². The Morgan fingerprint density at radius 1 is 1.04 bits per heavy atom. The first-order valence-electron chi connectivity index (χ1n) is 6.49. The predicted molar refractivity (Wildman–Crippen MR) is 82.6 cm³/mol. The van der Waals surface area contributed by atoms with E-state index < -0.39 is 43.6 Å². The van der Waals surface area contributed by atoms with E-state index >= 15 is 0 Å². The summed E-state index contributed by atoms with van der Waals surface area (Å²) < 4.78 is 42.1.